The maximum atomic E-state index is 13.2. The van der Waals surface area contributed by atoms with Gasteiger partial charge in [0.2, 0.25) is 5.91 Å². The van der Waals surface area contributed by atoms with Crippen molar-refractivity contribution in [3.8, 4) is 0 Å². The molecule has 0 aliphatic rings. The summed E-state index contributed by atoms with van der Waals surface area (Å²) in [4.78, 5) is 12.7. The molecule has 1 rings (SSSR count). The van der Waals surface area contributed by atoms with Crippen LogP contribution in [-0.4, -0.2) is 31.4 Å². The second-order valence-corrected chi connectivity index (χ2v) is 4.04. The summed E-state index contributed by atoms with van der Waals surface area (Å²) < 4.78 is 38.8. The van der Waals surface area contributed by atoms with Crippen molar-refractivity contribution in [3.05, 3.63) is 29.6 Å². The normalized spacial score (nSPS) is 10.3. The van der Waals surface area contributed by atoms with Gasteiger partial charge in [0.25, 0.3) is 0 Å². The Morgan fingerprint density at radius 1 is 1.22 bits per heavy atom. The highest BCUT2D eigenvalue weighted by atomic mass is 19.2. The number of amides is 1. The molecule has 0 aliphatic carbocycles. The summed E-state index contributed by atoms with van der Waals surface area (Å²) in [6, 6.07) is 1.98. The fourth-order valence-corrected chi connectivity index (χ4v) is 1.35. The summed E-state index contributed by atoms with van der Waals surface area (Å²) in [5.74, 6) is -4.00. The van der Waals surface area contributed by atoms with Crippen LogP contribution in [0.5, 0.6) is 0 Å². The van der Waals surface area contributed by atoms with Crippen molar-refractivity contribution in [2.75, 3.05) is 26.0 Å². The van der Waals surface area contributed by atoms with Gasteiger partial charge in [0.05, 0.1) is 5.69 Å². The molecule has 0 radical (unpaired) electrons. The molecule has 100 valence electrons. The molecular formula is C12H15F3N2O. The van der Waals surface area contributed by atoms with Gasteiger partial charge in [-0.15, -0.1) is 0 Å². The van der Waals surface area contributed by atoms with Gasteiger partial charge in [-0.2, -0.15) is 0 Å². The van der Waals surface area contributed by atoms with Gasteiger partial charge in [0.1, 0.15) is 0 Å². The molecule has 0 bridgehead atoms. The lowest BCUT2D eigenvalue weighted by Gasteiger charge is -2.11. The van der Waals surface area contributed by atoms with E-state index in [4.69, 9.17) is 0 Å². The molecule has 0 spiro atoms. The zero-order chi connectivity index (χ0) is 13.7. The van der Waals surface area contributed by atoms with E-state index < -0.39 is 17.5 Å². The van der Waals surface area contributed by atoms with Crippen LogP contribution in [0.1, 0.15) is 12.8 Å². The van der Waals surface area contributed by atoms with Crippen LogP contribution in [0.2, 0.25) is 0 Å². The fourth-order valence-electron chi connectivity index (χ4n) is 1.35. The van der Waals surface area contributed by atoms with Gasteiger partial charge in [0.15, 0.2) is 17.5 Å². The summed E-state index contributed by atoms with van der Waals surface area (Å²) in [6.07, 6.45) is 0.792. The zero-order valence-electron chi connectivity index (χ0n) is 10.3. The average Bonchev–Trinajstić information content (AvgIpc) is 2.33. The van der Waals surface area contributed by atoms with Gasteiger partial charge in [0, 0.05) is 27.1 Å². The third kappa shape index (κ3) is 3.65. The van der Waals surface area contributed by atoms with Crippen LogP contribution < -0.4 is 5.32 Å². The molecule has 0 atom stereocenters. The van der Waals surface area contributed by atoms with Crippen molar-refractivity contribution in [2.24, 2.45) is 0 Å². The average molecular weight is 260 g/mol. The molecule has 3 nitrogen and oxygen atoms in total. The van der Waals surface area contributed by atoms with Crippen LogP contribution in [-0.2, 0) is 4.79 Å². The second-order valence-electron chi connectivity index (χ2n) is 4.04. The standard InChI is InChI=1S/C12H15F3N2O/c1-17(2)10(18)4-3-7-16-9-6-5-8(13)11(14)12(9)15/h5-6,16H,3-4,7H2,1-2H3. The van der Waals surface area contributed by atoms with Crippen LogP contribution in [0.4, 0.5) is 18.9 Å². The van der Waals surface area contributed by atoms with E-state index >= 15 is 0 Å². The molecule has 18 heavy (non-hydrogen) atoms. The third-order valence-electron chi connectivity index (χ3n) is 2.42. The smallest absolute Gasteiger partial charge is 0.222 e. The minimum absolute atomic E-state index is 0.0393. The summed E-state index contributed by atoms with van der Waals surface area (Å²) in [7, 11) is 3.29. The number of hydrogen-bond donors (Lipinski definition) is 1. The summed E-state index contributed by atoms with van der Waals surface area (Å²) in [6.45, 7) is 0.307. The fraction of sp³-hybridized carbons (Fsp3) is 0.417. The van der Waals surface area contributed by atoms with E-state index in [9.17, 15) is 18.0 Å². The lowest BCUT2D eigenvalue weighted by atomic mass is 10.2. The highest BCUT2D eigenvalue weighted by molar-refractivity contribution is 5.75. The third-order valence-corrected chi connectivity index (χ3v) is 2.42. The molecule has 0 heterocycles. The van der Waals surface area contributed by atoms with E-state index in [2.05, 4.69) is 5.32 Å². The van der Waals surface area contributed by atoms with Crippen molar-refractivity contribution in [1.82, 2.24) is 4.90 Å². The molecule has 0 fully saturated rings. The maximum Gasteiger partial charge on any atom is 0.222 e. The Kier molecular flexibility index (Phi) is 5.00. The number of rotatable bonds is 5. The van der Waals surface area contributed by atoms with Crippen molar-refractivity contribution in [1.29, 1.82) is 0 Å². The first-order chi connectivity index (χ1) is 8.43. The van der Waals surface area contributed by atoms with Crippen LogP contribution in [0.15, 0.2) is 12.1 Å². The lowest BCUT2D eigenvalue weighted by molar-refractivity contribution is -0.128. The Hall–Kier alpha value is -1.72. The largest absolute Gasteiger partial charge is 0.383 e. The van der Waals surface area contributed by atoms with Gasteiger partial charge >= 0.3 is 0 Å². The van der Waals surface area contributed by atoms with E-state index in [1.807, 2.05) is 0 Å². The minimum Gasteiger partial charge on any atom is -0.383 e. The van der Waals surface area contributed by atoms with Gasteiger partial charge in [-0.3, -0.25) is 4.79 Å². The van der Waals surface area contributed by atoms with Crippen LogP contribution in [0.25, 0.3) is 0 Å². The molecule has 0 unspecified atom stereocenters. The highest BCUT2D eigenvalue weighted by Gasteiger charge is 2.12. The minimum atomic E-state index is -1.50. The molecule has 0 saturated carbocycles. The molecule has 0 aromatic heterocycles. The summed E-state index contributed by atoms with van der Waals surface area (Å²) >= 11 is 0. The van der Waals surface area contributed by atoms with E-state index in [1.165, 1.54) is 4.90 Å². The number of benzene rings is 1. The van der Waals surface area contributed by atoms with Crippen LogP contribution in [0.3, 0.4) is 0 Å². The Morgan fingerprint density at radius 2 is 1.89 bits per heavy atom. The predicted octanol–water partition coefficient (Wildman–Crippen LogP) is 2.38. The lowest BCUT2D eigenvalue weighted by Crippen LogP contribution is -2.22. The van der Waals surface area contributed by atoms with Gasteiger partial charge < -0.3 is 10.2 Å². The quantitative estimate of drug-likeness (QED) is 0.651. The number of nitrogens with one attached hydrogen (secondary N) is 1. The highest BCUT2D eigenvalue weighted by Crippen LogP contribution is 2.19. The number of hydrogen-bond acceptors (Lipinski definition) is 2. The number of anilines is 1. The van der Waals surface area contributed by atoms with Crippen molar-refractivity contribution >= 4 is 11.6 Å². The van der Waals surface area contributed by atoms with Crippen molar-refractivity contribution in [2.45, 2.75) is 12.8 Å². The first-order valence-corrected chi connectivity index (χ1v) is 5.51. The van der Waals surface area contributed by atoms with E-state index in [0.29, 0.717) is 19.4 Å². The molecule has 0 saturated heterocycles. The number of halogens is 3. The molecule has 1 aromatic carbocycles. The zero-order valence-corrected chi connectivity index (χ0v) is 10.3. The SMILES string of the molecule is CN(C)C(=O)CCCNc1ccc(F)c(F)c1F. The Labute approximate surface area is 104 Å². The first-order valence-electron chi connectivity index (χ1n) is 5.51. The Morgan fingerprint density at radius 3 is 2.50 bits per heavy atom. The van der Waals surface area contributed by atoms with Gasteiger partial charge in [-0.25, -0.2) is 13.2 Å². The monoisotopic (exact) mass is 260 g/mol. The van der Waals surface area contributed by atoms with Gasteiger partial charge in [-0.1, -0.05) is 0 Å². The van der Waals surface area contributed by atoms with Crippen molar-refractivity contribution < 1.29 is 18.0 Å². The van der Waals surface area contributed by atoms with E-state index in [-0.39, 0.29) is 11.6 Å². The summed E-state index contributed by atoms with van der Waals surface area (Å²) in [5, 5.41) is 2.62. The molecular weight excluding hydrogens is 245 g/mol. The summed E-state index contributed by atoms with van der Waals surface area (Å²) in [5.41, 5.74) is -0.105. The van der Waals surface area contributed by atoms with Gasteiger partial charge in [-0.05, 0) is 18.6 Å². The molecule has 6 heteroatoms. The Bertz CT molecular complexity index is 436. The number of carbonyl (C=O) groups excluding carboxylic acids is 1. The van der Waals surface area contributed by atoms with Crippen LogP contribution in [0, 0.1) is 17.5 Å². The Balaban J connectivity index is 2.45. The molecule has 1 N–H and O–H groups in total. The van der Waals surface area contributed by atoms with E-state index in [0.717, 1.165) is 12.1 Å². The molecule has 1 amide bonds. The number of carbonyl (C=O) groups is 1. The van der Waals surface area contributed by atoms with Crippen LogP contribution >= 0.6 is 0 Å². The van der Waals surface area contributed by atoms with E-state index in [1.54, 1.807) is 14.1 Å². The number of nitrogens with zero attached hydrogens (tertiary/aromatic N) is 1. The maximum absolute atomic E-state index is 13.2. The predicted molar refractivity (Wildman–Crippen MR) is 62.7 cm³/mol. The van der Waals surface area contributed by atoms with Crippen molar-refractivity contribution in [3.63, 3.8) is 0 Å². The first kappa shape index (κ1) is 14.3. The topological polar surface area (TPSA) is 32.3 Å². The molecule has 0 aliphatic heterocycles. The molecule has 1 aromatic rings. The second kappa shape index (κ2) is 6.28.